The zero-order chi connectivity index (χ0) is 43.3. The summed E-state index contributed by atoms with van der Waals surface area (Å²) in [4.78, 5) is 10.1. The van der Waals surface area contributed by atoms with E-state index in [2.05, 4.69) is 6.07 Å². The van der Waals surface area contributed by atoms with Crippen LogP contribution >= 0.6 is 0 Å². The molecule has 0 bridgehead atoms. The first-order valence-electron chi connectivity index (χ1n) is 20.1. The number of halogens is 6. The van der Waals surface area contributed by atoms with Crippen LogP contribution in [-0.2, 0) is 12.4 Å². The van der Waals surface area contributed by atoms with Crippen LogP contribution in [0.5, 0.6) is 0 Å². The van der Waals surface area contributed by atoms with E-state index in [1.54, 1.807) is 24.3 Å². The molecule has 0 atom stereocenters. The molecule has 9 heteroatoms. The Hall–Kier alpha value is -7.78. The predicted octanol–water partition coefficient (Wildman–Crippen LogP) is 15.6. The summed E-state index contributed by atoms with van der Waals surface area (Å²) >= 11 is 0. The Bertz CT molecular complexity index is 3170. The molecule has 0 N–H and O–H groups in total. The highest BCUT2D eigenvalue weighted by Crippen LogP contribution is 2.46. The number of hydrogen-bond donors (Lipinski definition) is 0. The van der Waals surface area contributed by atoms with Crippen LogP contribution in [0.1, 0.15) is 11.1 Å². The van der Waals surface area contributed by atoms with Crippen LogP contribution in [0.4, 0.5) is 26.3 Å². The van der Waals surface area contributed by atoms with E-state index in [1.807, 2.05) is 138 Å². The number of rotatable bonds is 7. The second-order valence-corrected chi connectivity index (χ2v) is 15.2. The zero-order valence-corrected chi connectivity index (χ0v) is 33.2. The van der Waals surface area contributed by atoms with Crippen molar-refractivity contribution in [3.05, 3.63) is 211 Å². The molecule has 2 heterocycles. The van der Waals surface area contributed by atoms with Crippen molar-refractivity contribution in [1.82, 2.24) is 14.5 Å². The van der Waals surface area contributed by atoms with Gasteiger partial charge in [-0.3, -0.25) is 0 Å². The molecule has 10 aromatic rings. The van der Waals surface area contributed by atoms with E-state index in [9.17, 15) is 26.3 Å². The zero-order valence-electron chi connectivity index (χ0n) is 33.2. The molecule has 8 aromatic carbocycles. The van der Waals surface area contributed by atoms with Crippen LogP contribution in [-0.4, -0.2) is 14.5 Å². The van der Waals surface area contributed by atoms with E-state index in [4.69, 9.17) is 9.97 Å². The molecule has 0 aliphatic rings. The minimum absolute atomic E-state index is 0.198. The van der Waals surface area contributed by atoms with Crippen molar-refractivity contribution in [2.45, 2.75) is 12.4 Å². The van der Waals surface area contributed by atoms with Gasteiger partial charge in [0, 0.05) is 38.6 Å². The van der Waals surface area contributed by atoms with Crippen molar-refractivity contribution in [2.75, 3.05) is 0 Å². The summed E-state index contributed by atoms with van der Waals surface area (Å²) in [5.41, 5.74) is 6.20. The van der Waals surface area contributed by atoms with Crippen molar-refractivity contribution in [3.8, 4) is 73.0 Å². The Kier molecular flexibility index (Phi) is 9.75. The van der Waals surface area contributed by atoms with E-state index >= 15 is 0 Å². The highest BCUT2D eigenvalue weighted by Gasteiger charge is 2.33. The lowest BCUT2D eigenvalue weighted by molar-refractivity contribution is -0.138. The quantitative estimate of drug-likeness (QED) is 0.150. The van der Waals surface area contributed by atoms with Crippen molar-refractivity contribution >= 4 is 21.8 Å². The van der Waals surface area contributed by atoms with Crippen LogP contribution in [0.25, 0.3) is 94.8 Å². The molecule has 0 saturated heterocycles. The first kappa shape index (κ1) is 39.4. The average Bonchev–Trinajstić information content (AvgIpc) is 3.64. The van der Waals surface area contributed by atoms with Crippen LogP contribution < -0.4 is 0 Å². The molecule has 0 amide bonds. The van der Waals surface area contributed by atoms with E-state index in [0.717, 1.165) is 57.3 Å². The number of alkyl halides is 6. The minimum Gasteiger partial charge on any atom is -0.308 e. The van der Waals surface area contributed by atoms with Crippen molar-refractivity contribution in [1.29, 1.82) is 0 Å². The Morgan fingerprint density at radius 2 is 0.794 bits per heavy atom. The van der Waals surface area contributed by atoms with Crippen LogP contribution in [0.2, 0.25) is 0 Å². The van der Waals surface area contributed by atoms with Gasteiger partial charge in [-0.1, -0.05) is 140 Å². The normalized spacial score (nSPS) is 12.0. The van der Waals surface area contributed by atoms with Crippen molar-refractivity contribution in [2.24, 2.45) is 0 Å². The maximum atomic E-state index is 14.6. The molecule has 0 radical (unpaired) electrons. The van der Waals surface area contributed by atoms with E-state index in [1.165, 1.54) is 12.1 Å². The van der Waals surface area contributed by atoms with Gasteiger partial charge in [0.1, 0.15) is 0 Å². The average molecular weight is 838 g/mol. The van der Waals surface area contributed by atoms with Crippen LogP contribution in [0.15, 0.2) is 200 Å². The fourth-order valence-electron chi connectivity index (χ4n) is 8.28. The van der Waals surface area contributed by atoms with Crippen LogP contribution in [0.3, 0.4) is 0 Å². The monoisotopic (exact) mass is 837 g/mol. The van der Waals surface area contributed by atoms with Gasteiger partial charge in [0.25, 0.3) is 0 Å². The number of nitrogens with zero attached hydrogens (tertiary/aromatic N) is 3. The van der Waals surface area contributed by atoms with Gasteiger partial charge in [-0.05, 0) is 82.9 Å². The number of para-hydroxylation sites is 1. The second kappa shape index (κ2) is 15.6. The number of fused-ring (bicyclic) bond motifs is 3. The van der Waals surface area contributed by atoms with Gasteiger partial charge in [-0.15, -0.1) is 0 Å². The molecule has 0 aliphatic heterocycles. The first-order chi connectivity index (χ1) is 30.5. The summed E-state index contributed by atoms with van der Waals surface area (Å²) < 4.78 is 89.4. The standard InChI is InChI=1S/C54H33F6N3/c55-53(56,57)41-22-12-20-38(28-41)44-31-40(52-61-47(35-16-6-2-7-17-35)33-48(62-52)36-18-8-3-9-19-36)32-45(39-21-13-23-42(29-39)54(58,59)60)51(44)63-49-25-11-10-24-43(49)46-30-37(26-27-50(46)63)34-14-4-1-5-15-34/h1-33H. The van der Waals surface area contributed by atoms with Crippen LogP contribution in [0, 0.1) is 0 Å². The summed E-state index contributed by atoms with van der Waals surface area (Å²) in [6, 6.07) is 57.9. The SMILES string of the molecule is FC(F)(F)c1cccc(-c2cc(-c3nc(-c4ccccc4)cc(-c4ccccc4)n3)cc(-c3cccc(C(F)(F)F)c3)c2-n2c3ccccc3c3cc(-c4ccccc4)ccc32)c1. The highest BCUT2D eigenvalue weighted by molar-refractivity contribution is 6.12. The van der Waals surface area contributed by atoms with Gasteiger partial charge in [0.05, 0.1) is 39.2 Å². The molecular formula is C54H33F6N3. The maximum Gasteiger partial charge on any atom is 0.416 e. The molecule has 10 rings (SSSR count). The second-order valence-electron chi connectivity index (χ2n) is 15.2. The lowest BCUT2D eigenvalue weighted by Gasteiger charge is -2.22. The summed E-state index contributed by atoms with van der Waals surface area (Å²) in [7, 11) is 0. The third-order valence-electron chi connectivity index (χ3n) is 11.2. The summed E-state index contributed by atoms with van der Waals surface area (Å²) in [6.07, 6.45) is -9.37. The molecule has 63 heavy (non-hydrogen) atoms. The summed E-state index contributed by atoms with van der Waals surface area (Å²) in [5.74, 6) is 0.234. The van der Waals surface area contributed by atoms with Gasteiger partial charge in [0.15, 0.2) is 5.82 Å². The molecule has 0 unspecified atom stereocenters. The summed E-state index contributed by atoms with van der Waals surface area (Å²) in [6.45, 7) is 0. The van der Waals surface area contributed by atoms with E-state index < -0.39 is 23.5 Å². The molecule has 3 nitrogen and oxygen atoms in total. The Labute approximate surface area is 358 Å². The summed E-state index contributed by atoms with van der Waals surface area (Å²) in [5, 5.41) is 1.71. The Balaban J connectivity index is 1.35. The molecule has 306 valence electrons. The van der Waals surface area contributed by atoms with Gasteiger partial charge in [0.2, 0.25) is 0 Å². The maximum absolute atomic E-state index is 14.6. The fraction of sp³-hybridized carbons (Fsp3) is 0.0370. The minimum atomic E-state index is -4.68. The number of aromatic nitrogens is 3. The van der Waals surface area contributed by atoms with E-state index in [-0.39, 0.29) is 17.0 Å². The number of hydrogen-bond acceptors (Lipinski definition) is 2. The van der Waals surface area contributed by atoms with Crippen molar-refractivity contribution in [3.63, 3.8) is 0 Å². The molecule has 0 saturated carbocycles. The van der Waals surface area contributed by atoms with Crippen molar-refractivity contribution < 1.29 is 26.3 Å². The molecular weight excluding hydrogens is 805 g/mol. The number of benzene rings is 8. The Morgan fingerprint density at radius 1 is 0.333 bits per heavy atom. The largest absolute Gasteiger partial charge is 0.416 e. The van der Waals surface area contributed by atoms with E-state index in [0.29, 0.717) is 44.8 Å². The highest BCUT2D eigenvalue weighted by atomic mass is 19.4. The third-order valence-corrected chi connectivity index (χ3v) is 11.2. The lowest BCUT2D eigenvalue weighted by Crippen LogP contribution is -2.07. The Morgan fingerprint density at radius 3 is 1.32 bits per heavy atom. The van der Waals surface area contributed by atoms with Gasteiger partial charge in [-0.2, -0.15) is 26.3 Å². The molecule has 2 aromatic heterocycles. The predicted molar refractivity (Wildman–Crippen MR) is 239 cm³/mol. The molecule has 0 fully saturated rings. The third kappa shape index (κ3) is 7.52. The molecule has 0 spiro atoms. The topological polar surface area (TPSA) is 30.7 Å². The lowest BCUT2D eigenvalue weighted by atomic mass is 9.91. The first-order valence-corrected chi connectivity index (χ1v) is 20.1. The smallest absolute Gasteiger partial charge is 0.308 e. The fourth-order valence-corrected chi connectivity index (χ4v) is 8.28. The van der Waals surface area contributed by atoms with Gasteiger partial charge < -0.3 is 4.57 Å². The molecule has 0 aliphatic carbocycles. The van der Waals surface area contributed by atoms with Gasteiger partial charge >= 0.3 is 12.4 Å². The van der Waals surface area contributed by atoms with Gasteiger partial charge in [-0.25, -0.2) is 9.97 Å².